The number of amides is 1. The Hall–Kier alpha value is -1.60. The monoisotopic (exact) mass is 338 g/mol. The van der Waals surface area contributed by atoms with Gasteiger partial charge in [-0.05, 0) is 44.9 Å². The summed E-state index contributed by atoms with van der Waals surface area (Å²) >= 11 is 0. The van der Waals surface area contributed by atoms with E-state index in [9.17, 15) is 13.2 Å². The molecule has 2 atom stereocenters. The Morgan fingerprint density at radius 2 is 1.83 bits per heavy atom. The van der Waals surface area contributed by atoms with Crippen molar-refractivity contribution >= 4 is 21.6 Å². The van der Waals surface area contributed by atoms with Gasteiger partial charge >= 0.3 is 0 Å². The molecule has 0 aliphatic carbocycles. The standard InChI is InChI=1S/C16H22N2O4S/c1-11-5-4-6-12(2)18(11)23(20,21)13-7-8-15-14(9-13)17(3)16(19)10-22-15/h7-9,11-12H,4-6,10H2,1-3H3/t11-,12-/m1/s1. The van der Waals surface area contributed by atoms with Crippen molar-refractivity contribution in [1.29, 1.82) is 0 Å². The minimum absolute atomic E-state index is 0.0181. The first-order valence-corrected chi connectivity index (χ1v) is 9.33. The van der Waals surface area contributed by atoms with Gasteiger partial charge in [0.25, 0.3) is 5.91 Å². The maximum Gasteiger partial charge on any atom is 0.264 e. The highest BCUT2D eigenvalue weighted by molar-refractivity contribution is 7.89. The zero-order valence-corrected chi connectivity index (χ0v) is 14.5. The lowest BCUT2D eigenvalue weighted by atomic mass is 10.0. The molecule has 7 heteroatoms. The van der Waals surface area contributed by atoms with Gasteiger partial charge in [0.1, 0.15) is 5.75 Å². The normalized spacial score (nSPS) is 25.9. The average Bonchev–Trinajstić information content (AvgIpc) is 2.50. The molecule has 1 fully saturated rings. The summed E-state index contributed by atoms with van der Waals surface area (Å²) in [6.07, 6.45) is 2.79. The van der Waals surface area contributed by atoms with Crippen LogP contribution >= 0.6 is 0 Å². The van der Waals surface area contributed by atoms with E-state index in [1.807, 2.05) is 13.8 Å². The number of ether oxygens (including phenoxy) is 1. The highest BCUT2D eigenvalue weighted by atomic mass is 32.2. The highest BCUT2D eigenvalue weighted by Crippen LogP contribution is 2.36. The van der Waals surface area contributed by atoms with E-state index in [2.05, 4.69) is 0 Å². The summed E-state index contributed by atoms with van der Waals surface area (Å²) in [7, 11) is -1.96. The van der Waals surface area contributed by atoms with Crippen molar-refractivity contribution in [3.8, 4) is 5.75 Å². The molecular weight excluding hydrogens is 316 g/mol. The molecule has 1 amide bonds. The van der Waals surface area contributed by atoms with Gasteiger partial charge in [-0.2, -0.15) is 4.31 Å². The van der Waals surface area contributed by atoms with Gasteiger partial charge in [-0.15, -0.1) is 0 Å². The Kier molecular flexibility index (Phi) is 4.10. The molecule has 6 nitrogen and oxygen atoms in total. The van der Waals surface area contributed by atoms with Crippen molar-refractivity contribution in [1.82, 2.24) is 4.31 Å². The van der Waals surface area contributed by atoms with Gasteiger partial charge < -0.3 is 9.64 Å². The van der Waals surface area contributed by atoms with Gasteiger partial charge in [0.2, 0.25) is 10.0 Å². The molecule has 2 heterocycles. The number of piperidine rings is 1. The number of carbonyl (C=O) groups is 1. The average molecular weight is 338 g/mol. The first kappa shape index (κ1) is 16.3. The van der Waals surface area contributed by atoms with Crippen molar-refractivity contribution in [3.05, 3.63) is 18.2 Å². The third kappa shape index (κ3) is 2.72. The smallest absolute Gasteiger partial charge is 0.264 e. The second-order valence-electron chi connectivity index (χ2n) is 6.33. The van der Waals surface area contributed by atoms with Crippen LogP contribution in [-0.2, 0) is 14.8 Å². The van der Waals surface area contributed by atoms with Crippen LogP contribution in [-0.4, -0.2) is 44.4 Å². The molecular formula is C16H22N2O4S. The summed E-state index contributed by atoms with van der Waals surface area (Å²) in [5, 5.41) is 0. The predicted molar refractivity (Wildman–Crippen MR) is 87.1 cm³/mol. The Morgan fingerprint density at radius 1 is 1.17 bits per heavy atom. The van der Waals surface area contributed by atoms with E-state index < -0.39 is 10.0 Å². The molecule has 1 aromatic carbocycles. The summed E-state index contributed by atoms with van der Waals surface area (Å²) in [6.45, 7) is 3.88. The van der Waals surface area contributed by atoms with E-state index >= 15 is 0 Å². The molecule has 126 valence electrons. The fraction of sp³-hybridized carbons (Fsp3) is 0.562. The SMILES string of the molecule is C[C@@H]1CCC[C@@H](C)N1S(=O)(=O)c1ccc2c(c1)N(C)C(=O)CO2. The molecule has 0 spiro atoms. The number of fused-ring (bicyclic) bond motifs is 1. The van der Waals surface area contributed by atoms with E-state index in [0.29, 0.717) is 11.4 Å². The van der Waals surface area contributed by atoms with Crippen LogP contribution in [0, 0.1) is 0 Å². The lowest BCUT2D eigenvalue weighted by molar-refractivity contribution is -0.120. The zero-order valence-electron chi connectivity index (χ0n) is 13.7. The third-order valence-corrected chi connectivity index (χ3v) is 6.83. The molecule has 1 saturated heterocycles. The summed E-state index contributed by atoms with van der Waals surface area (Å²) < 4.78 is 33.1. The van der Waals surface area contributed by atoms with Crippen molar-refractivity contribution in [2.75, 3.05) is 18.6 Å². The minimum Gasteiger partial charge on any atom is -0.482 e. The fourth-order valence-corrected chi connectivity index (χ4v) is 5.31. The Morgan fingerprint density at radius 3 is 2.48 bits per heavy atom. The van der Waals surface area contributed by atoms with Crippen LogP contribution in [0.25, 0.3) is 0 Å². The maximum atomic E-state index is 13.1. The quantitative estimate of drug-likeness (QED) is 0.827. The molecule has 0 aromatic heterocycles. The molecule has 3 rings (SSSR count). The summed E-state index contributed by atoms with van der Waals surface area (Å²) in [6, 6.07) is 4.69. The lowest BCUT2D eigenvalue weighted by Crippen LogP contribution is -2.47. The lowest BCUT2D eigenvalue weighted by Gasteiger charge is -2.38. The van der Waals surface area contributed by atoms with Crippen LogP contribution in [0.4, 0.5) is 5.69 Å². The number of rotatable bonds is 2. The van der Waals surface area contributed by atoms with Gasteiger partial charge in [0.15, 0.2) is 6.61 Å². The minimum atomic E-state index is -3.59. The topological polar surface area (TPSA) is 66.9 Å². The van der Waals surface area contributed by atoms with Gasteiger partial charge in [-0.25, -0.2) is 8.42 Å². The van der Waals surface area contributed by atoms with E-state index in [0.717, 1.165) is 19.3 Å². The molecule has 0 radical (unpaired) electrons. The summed E-state index contributed by atoms with van der Waals surface area (Å²) in [5.41, 5.74) is 0.500. The number of hydrogen-bond acceptors (Lipinski definition) is 4. The number of likely N-dealkylation sites (N-methyl/N-ethyl adjacent to an activating group) is 1. The van der Waals surface area contributed by atoms with E-state index in [4.69, 9.17) is 4.74 Å². The van der Waals surface area contributed by atoms with E-state index in [1.54, 1.807) is 23.5 Å². The summed E-state index contributed by atoms with van der Waals surface area (Å²) in [4.78, 5) is 13.4. The zero-order chi connectivity index (χ0) is 16.8. The van der Waals surface area contributed by atoms with E-state index in [-0.39, 0.29) is 29.5 Å². The maximum absolute atomic E-state index is 13.1. The molecule has 2 aliphatic heterocycles. The molecule has 0 bridgehead atoms. The third-order valence-electron chi connectivity index (χ3n) is 4.71. The number of anilines is 1. The van der Waals surface area contributed by atoms with Crippen LogP contribution in [0.2, 0.25) is 0 Å². The first-order chi connectivity index (χ1) is 10.8. The number of benzene rings is 1. The summed E-state index contributed by atoms with van der Waals surface area (Å²) in [5.74, 6) is 0.345. The molecule has 0 N–H and O–H groups in total. The van der Waals surface area contributed by atoms with Gasteiger partial charge in [0.05, 0.1) is 10.6 Å². The van der Waals surface area contributed by atoms with E-state index in [1.165, 1.54) is 11.0 Å². The molecule has 2 aliphatic rings. The van der Waals surface area contributed by atoms with Crippen LogP contribution in [0.15, 0.2) is 23.1 Å². The number of sulfonamides is 1. The van der Waals surface area contributed by atoms with Crippen molar-refractivity contribution < 1.29 is 17.9 Å². The van der Waals surface area contributed by atoms with Gasteiger partial charge in [0, 0.05) is 19.1 Å². The van der Waals surface area contributed by atoms with Crippen LogP contribution < -0.4 is 9.64 Å². The molecule has 23 heavy (non-hydrogen) atoms. The largest absolute Gasteiger partial charge is 0.482 e. The second kappa shape index (κ2) is 5.79. The van der Waals surface area contributed by atoms with Crippen molar-refractivity contribution in [2.45, 2.75) is 50.1 Å². The fourth-order valence-electron chi connectivity index (χ4n) is 3.41. The van der Waals surface area contributed by atoms with Crippen LogP contribution in [0.1, 0.15) is 33.1 Å². The Bertz CT molecular complexity index is 722. The Balaban J connectivity index is 2.02. The predicted octanol–water partition coefficient (Wildman–Crippen LogP) is 1.99. The molecule has 1 aromatic rings. The first-order valence-electron chi connectivity index (χ1n) is 7.89. The number of hydrogen-bond donors (Lipinski definition) is 0. The number of carbonyl (C=O) groups excluding carboxylic acids is 1. The van der Waals surface area contributed by atoms with Gasteiger partial charge in [-0.3, -0.25) is 4.79 Å². The highest BCUT2D eigenvalue weighted by Gasteiger charge is 2.36. The second-order valence-corrected chi connectivity index (χ2v) is 8.18. The number of nitrogens with zero attached hydrogens (tertiary/aromatic N) is 2. The van der Waals surface area contributed by atoms with Crippen LogP contribution in [0.3, 0.4) is 0 Å². The van der Waals surface area contributed by atoms with Crippen molar-refractivity contribution in [3.63, 3.8) is 0 Å². The molecule has 0 saturated carbocycles. The van der Waals surface area contributed by atoms with Gasteiger partial charge in [-0.1, -0.05) is 6.42 Å². The Labute approximate surface area is 137 Å². The van der Waals surface area contributed by atoms with Crippen molar-refractivity contribution in [2.24, 2.45) is 0 Å². The van der Waals surface area contributed by atoms with Crippen LogP contribution in [0.5, 0.6) is 5.75 Å². The molecule has 0 unspecified atom stereocenters.